The molecule has 0 bridgehead atoms. The van der Waals surface area contributed by atoms with Crippen LogP contribution in [0.2, 0.25) is 5.02 Å². The smallest absolute Gasteiger partial charge is 0.259 e. The standard InChI is InChI=1S/C17H13ClN2O2/c18-15-5-1-13(2-6-15)11-22-16-7-3-12(4-8-16)9-14(10-19)17(20)21/h1-9H,11H2,(H2,20,21). The number of nitrogens with zero attached hydrogens (tertiary/aromatic N) is 1. The highest BCUT2D eigenvalue weighted by atomic mass is 35.5. The number of carbonyl (C=O) groups is 1. The second kappa shape index (κ2) is 7.30. The molecule has 0 saturated carbocycles. The number of nitrogens with two attached hydrogens (primary N) is 1. The number of hydrogen-bond donors (Lipinski definition) is 1. The fourth-order valence-corrected chi connectivity index (χ4v) is 1.86. The van der Waals surface area contributed by atoms with Crippen molar-refractivity contribution >= 4 is 23.6 Å². The number of rotatable bonds is 5. The number of carbonyl (C=O) groups excluding carboxylic acids is 1. The minimum Gasteiger partial charge on any atom is -0.489 e. The van der Waals surface area contributed by atoms with Crippen LogP contribution in [0, 0.1) is 11.3 Å². The molecule has 0 saturated heterocycles. The van der Waals surface area contributed by atoms with Crippen LogP contribution in [0.25, 0.3) is 6.08 Å². The van der Waals surface area contributed by atoms with Gasteiger partial charge in [0.15, 0.2) is 0 Å². The first kappa shape index (κ1) is 15.6. The van der Waals surface area contributed by atoms with Crippen molar-refractivity contribution in [3.63, 3.8) is 0 Å². The predicted octanol–water partition coefficient (Wildman–Crippen LogP) is 3.31. The highest BCUT2D eigenvalue weighted by Gasteiger charge is 2.03. The Labute approximate surface area is 133 Å². The van der Waals surface area contributed by atoms with Gasteiger partial charge in [0.25, 0.3) is 5.91 Å². The van der Waals surface area contributed by atoms with Gasteiger partial charge in [-0.05, 0) is 41.5 Å². The first-order valence-electron chi connectivity index (χ1n) is 6.47. The summed E-state index contributed by atoms with van der Waals surface area (Å²) in [7, 11) is 0. The average Bonchev–Trinajstić information content (AvgIpc) is 2.53. The quantitative estimate of drug-likeness (QED) is 0.679. The molecule has 0 aromatic heterocycles. The maximum absolute atomic E-state index is 11.0. The molecule has 0 fully saturated rings. The van der Waals surface area contributed by atoms with Crippen molar-refractivity contribution in [1.29, 1.82) is 5.26 Å². The molecule has 22 heavy (non-hydrogen) atoms. The summed E-state index contributed by atoms with van der Waals surface area (Å²) < 4.78 is 5.65. The van der Waals surface area contributed by atoms with E-state index in [4.69, 9.17) is 27.3 Å². The van der Waals surface area contributed by atoms with Gasteiger partial charge in [0.2, 0.25) is 0 Å². The topological polar surface area (TPSA) is 76.1 Å². The number of nitriles is 1. The number of benzene rings is 2. The Morgan fingerprint density at radius 3 is 2.36 bits per heavy atom. The van der Waals surface area contributed by atoms with Crippen molar-refractivity contribution in [1.82, 2.24) is 0 Å². The number of primary amides is 1. The van der Waals surface area contributed by atoms with Crippen LogP contribution in [0.3, 0.4) is 0 Å². The Balaban J connectivity index is 2.02. The SMILES string of the molecule is N#CC(=Cc1ccc(OCc2ccc(Cl)cc2)cc1)C(N)=O. The zero-order valence-corrected chi connectivity index (χ0v) is 12.4. The van der Waals surface area contributed by atoms with Crippen LogP contribution < -0.4 is 10.5 Å². The van der Waals surface area contributed by atoms with Crippen LogP contribution in [0.1, 0.15) is 11.1 Å². The fraction of sp³-hybridized carbons (Fsp3) is 0.0588. The first-order valence-corrected chi connectivity index (χ1v) is 6.85. The summed E-state index contributed by atoms with van der Waals surface area (Å²) in [6.45, 7) is 0.428. The van der Waals surface area contributed by atoms with Crippen molar-refractivity contribution in [3.05, 3.63) is 70.3 Å². The molecule has 5 heteroatoms. The van der Waals surface area contributed by atoms with Gasteiger partial charge in [0, 0.05) is 5.02 Å². The Morgan fingerprint density at radius 1 is 1.18 bits per heavy atom. The van der Waals surface area contributed by atoms with Gasteiger partial charge in [-0.15, -0.1) is 0 Å². The lowest BCUT2D eigenvalue weighted by Crippen LogP contribution is -2.12. The molecular weight excluding hydrogens is 300 g/mol. The highest BCUT2D eigenvalue weighted by Crippen LogP contribution is 2.17. The van der Waals surface area contributed by atoms with Crippen LogP contribution in [-0.2, 0) is 11.4 Å². The van der Waals surface area contributed by atoms with Crippen molar-refractivity contribution in [2.24, 2.45) is 5.73 Å². The Kier molecular flexibility index (Phi) is 5.18. The molecule has 0 radical (unpaired) electrons. The Hall–Kier alpha value is -2.77. The number of halogens is 1. The molecule has 0 aliphatic heterocycles. The Morgan fingerprint density at radius 2 is 1.82 bits per heavy atom. The van der Waals surface area contributed by atoms with E-state index in [9.17, 15) is 4.79 Å². The van der Waals surface area contributed by atoms with E-state index in [1.807, 2.05) is 12.1 Å². The van der Waals surface area contributed by atoms with Gasteiger partial charge in [-0.1, -0.05) is 35.9 Å². The van der Waals surface area contributed by atoms with E-state index in [0.29, 0.717) is 22.9 Å². The molecule has 2 rings (SSSR count). The van der Waals surface area contributed by atoms with E-state index >= 15 is 0 Å². The van der Waals surface area contributed by atoms with E-state index in [2.05, 4.69) is 0 Å². The minimum absolute atomic E-state index is 0.0881. The summed E-state index contributed by atoms with van der Waals surface area (Å²) in [6, 6.07) is 16.2. The third-order valence-corrected chi connectivity index (χ3v) is 3.15. The average molecular weight is 313 g/mol. The van der Waals surface area contributed by atoms with Crippen LogP contribution >= 0.6 is 11.6 Å². The number of ether oxygens (including phenoxy) is 1. The van der Waals surface area contributed by atoms with Crippen molar-refractivity contribution in [2.45, 2.75) is 6.61 Å². The second-order valence-corrected chi connectivity index (χ2v) is 4.95. The third kappa shape index (κ3) is 4.37. The predicted molar refractivity (Wildman–Crippen MR) is 85.0 cm³/mol. The van der Waals surface area contributed by atoms with E-state index in [-0.39, 0.29) is 5.57 Å². The maximum atomic E-state index is 11.0. The molecule has 0 aliphatic carbocycles. The molecule has 0 atom stereocenters. The molecule has 0 unspecified atom stereocenters. The zero-order chi connectivity index (χ0) is 15.9. The fourth-order valence-electron chi connectivity index (χ4n) is 1.73. The molecule has 0 heterocycles. The monoisotopic (exact) mass is 312 g/mol. The van der Waals surface area contributed by atoms with Crippen molar-refractivity contribution in [3.8, 4) is 11.8 Å². The van der Waals surface area contributed by atoms with Crippen molar-refractivity contribution in [2.75, 3.05) is 0 Å². The van der Waals surface area contributed by atoms with Crippen LogP contribution in [0.15, 0.2) is 54.1 Å². The highest BCUT2D eigenvalue weighted by molar-refractivity contribution is 6.30. The molecule has 2 N–H and O–H groups in total. The lowest BCUT2D eigenvalue weighted by atomic mass is 10.1. The number of amides is 1. The molecule has 0 aliphatic rings. The minimum atomic E-state index is -0.745. The second-order valence-electron chi connectivity index (χ2n) is 4.52. The third-order valence-electron chi connectivity index (χ3n) is 2.90. The van der Waals surface area contributed by atoms with Gasteiger partial charge < -0.3 is 10.5 Å². The summed E-state index contributed by atoms with van der Waals surface area (Å²) in [5.74, 6) is -0.0600. The number of hydrogen-bond acceptors (Lipinski definition) is 3. The van der Waals surface area contributed by atoms with Gasteiger partial charge in [0.05, 0.1) is 0 Å². The summed E-state index contributed by atoms with van der Waals surface area (Å²) in [4.78, 5) is 11.0. The normalized spacial score (nSPS) is 10.8. The van der Waals surface area contributed by atoms with Crippen LogP contribution in [-0.4, -0.2) is 5.91 Å². The molecule has 1 amide bonds. The molecule has 4 nitrogen and oxygen atoms in total. The van der Waals surface area contributed by atoms with Gasteiger partial charge in [-0.3, -0.25) is 4.79 Å². The molecule has 2 aromatic carbocycles. The summed E-state index contributed by atoms with van der Waals surface area (Å²) in [6.07, 6.45) is 1.44. The van der Waals surface area contributed by atoms with Gasteiger partial charge in [-0.2, -0.15) is 5.26 Å². The lowest BCUT2D eigenvalue weighted by molar-refractivity contribution is -0.114. The zero-order valence-electron chi connectivity index (χ0n) is 11.6. The van der Waals surface area contributed by atoms with Crippen LogP contribution in [0.5, 0.6) is 5.75 Å². The largest absolute Gasteiger partial charge is 0.489 e. The summed E-state index contributed by atoms with van der Waals surface area (Å²) >= 11 is 5.82. The molecule has 2 aromatic rings. The van der Waals surface area contributed by atoms with Gasteiger partial charge >= 0.3 is 0 Å². The maximum Gasteiger partial charge on any atom is 0.259 e. The van der Waals surface area contributed by atoms with E-state index in [1.54, 1.807) is 42.5 Å². The van der Waals surface area contributed by atoms with E-state index in [1.165, 1.54) is 6.08 Å². The van der Waals surface area contributed by atoms with E-state index < -0.39 is 5.91 Å². The lowest BCUT2D eigenvalue weighted by Gasteiger charge is -2.06. The van der Waals surface area contributed by atoms with Crippen molar-refractivity contribution < 1.29 is 9.53 Å². The van der Waals surface area contributed by atoms with Gasteiger partial charge in [-0.25, -0.2) is 0 Å². The summed E-state index contributed by atoms with van der Waals surface area (Å²) in [5.41, 5.74) is 6.71. The van der Waals surface area contributed by atoms with Crippen LogP contribution in [0.4, 0.5) is 0 Å². The summed E-state index contributed by atoms with van der Waals surface area (Å²) in [5, 5.41) is 9.47. The molecule has 0 spiro atoms. The van der Waals surface area contributed by atoms with Gasteiger partial charge in [0.1, 0.15) is 24.0 Å². The Bertz CT molecular complexity index is 729. The molecule has 110 valence electrons. The first-order chi connectivity index (χ1) is 10.6. The molecular formula is C17H13ClN2O2. The van der Waals surface area contributed by atoms with E-state index in [0.717, 1.165) is 5.56 Å².